The number of ether oxygens (including phenoxy) is 2. The van der Waals surface area contributed by atoms with E-state index in [1.165, 1.54) is 11.1 Å². The molecule has 0 saturated heterocycles. The highest BCUT2D eigenvalue weighted by molar-refractivity contribution is 5.96. The molecule has 4 heteroatoms. The predicted molar refractivity (Wildman–Crippen MR) is 119 cm³/mol. The number of hydrogen-bond acceptors (Lipinski definition) is 4. The van der Waals surface area contributed by atoms with Crippen LogP contribution in [0.3, 0.4) is 0 Å². The van der Waals surface area contributed by atoms with Crippen molar-refractivity contribution in [3.63, 3.8) is 0 Å². The van der Waals surface area contributed by atoms with E-state index in [4.69, 9.17) is 14.5 Å². The molecule has 0 bridgehead atoms. The summed E-state index contributed by atoms with van der Waals surface area (Å²) in [6.07, 6.45) is 0. The van der Waals surface area contributed by atoms with E-state index in [2.05, 4.69) is 66.5 Å². The second-order valence-corrected chi connectivity index (χ2v) is 6.96. The Hall–Kier alpha value is -3.53. The summed E-state index contributed by atoms with van der Waals surface area (Å²) < 4.78 is 10.8. The number of pyridine rings is 1. The van der Waals surface area contributed by atoms with E-state index in [1.54, 1.807) is 14.2 Å². The number of para-hydroxylation sites is 1. The number of methoxy groups -OCH3 is 2. The van der Waals surface area contributed by atoms with Gasteiger partial charge in [-0.2, -0.15) is 0 Å². The second-order valence-electron chi connectivity index (χ2n) is 6.96. The quantitative estimate of drug-likeness (QED) is 0.436. The fourth-order valence-corrected chi connectivity index (χ4v) is 3.55. The molecule has 0 aliphatic heterocycles. The van der Waals surface area contributed by atoms with Crippen molar-refractivity contribution in [3.05, 3.63) is 84.4 Å². The van der Waals surface area contributed by atoms with Gasteiger partial charge >= 0.3 is 0 Å². The normalized spacial score (nSPS) is 10.7. The molecule has 3 aromatic carbocycles. The van der Waals surface area contributed by atoms with E-state index in [0.29, 0.717) is 6.54 Å². The molecule has 0 unspecified atom stereocenters. The van der Waals surface area contributed by atoms with Gasteiger partial charge in [0.05, 0.1) is 19.7 Å². The topological polar surface area (TPSA) is 34.6 Å². The Labute approximate surface area is 171 Å². The third-order valence-corrected chi connectivity index (χ3v) is 5.05. The van der Waals surface area contributed by atoms with Crippen LogP contribution in [-0.4, -0.2) is 26.3 Å². The molecule has 0 amide bonds. The maximum absolute atomic E-state index is 5.44. The molecule has 4 nitrogen and oxygen atoms in total. The Morgan fingerprint density at radius 1 is 0.793 bits per heavy atom. The number of hydrogen-bond donors (Lipinski definition) is 0. The lowest BCUT2D eigenvalue weighted by molar-refractivity contribution is 0.354. The smallest absolute Gasteiger partial charge is 0.161 e. The van der Waals surface area contributed by atoms with Crippen molar-refractivity contribution in [2.24, 2.45) is 0 Å². The number of aromatic nitrogens is 1. The molecule has 0 fully saturated rings. The zero-order chi connectivity index (χ0) is 20.2. The van der Waals surface area contributed by atoms with E-state index in [0.717, 1.165) is 33.8 Å². The number of benzene rings is 3. The van der Waals surface area contributed by atoms with Gasteiger partial charge < -0.3 is 14.4 Å². The molecular weight excluding hydrogens is 360 g/mol. The number of nitrogens with zero attached hydrogens (tertiary/aromatic N) is 2. The molecule has 0 spiro atoms. The zero-order valence-corrected chi connectivity index (χ0v) is 16.9. The Balaban J connectivity index is 1.72. The van der Waals surface area contributed by atoms with Crippen LogP contribution in [0, 0.1) is 0 Å². The summed E-state index contributed by atoms with van der Waals surface area (Å²) in [6.45, 7) is 0.708. The Kier molecular flexibility index (Phi) is 5.34. The summed E-state index contributed by atoms with van der Waals surface area (Å²) in [5, 5.41) is 1.15. The number of anilines is 1. The lowest BCUT2D eigenvalue weighted by Gasteiger charge is -2.21. The summed E-state index contributed by atoms with van der Waals surface area (Å²) in [4.78, 5) is 7.06. The van der Waals surface area contributed by atoms with E-state index in [1.807, 2.05) is 24.3 Å². The van der Waals surface area contributed by atoms with Crippen LogP contribution in [-0.2, 0) is 6.54 Å². The predicted octanol–water partition coefficient (Wildman–Crippen LogP) is 5.56. The van der Waals surface area contributed by atoms with E-state index in [9.17, 15) is 0 Å². The second kappa shape index (κ2) is 8.23. The van der Waals surface area contributed by atoms with Gasteiger partial charge in [-0.15, -0.1) is 0 Å². The van der Waals surface area contributed by atoms with E-state index in [-0.39, 0.29) is 0 Å². The first-order chi connectivity index (χ1) is 14.2. The Morgan fingerprint density at radius 3 is 2.28 bits per heavy atom. The molecule has 1 heterocycles. The molecule has 0 aliphatic rings. The van der Waals surface area contributed by atoms with Crippen LogP contribution in [0.4, 0.5) is 5.82 Å². The largest absolute Gasteiger partial charge is 0.493 e. The van der Waals surface area contributed by atoms with Crippen molar-refractivity contribution in [2.45, 2.75) is 6.54 Å². The molecule has 0 N–H and O–H groups in total. The van der Waals surface area contributed by atoms with Crippen molar-refractivity contribution in [3.8, 4) is 22.6 Å². The molecular formula is C25H24N2O2. The van der Waals surface area contributed by atoms with Gasteiger partial charge in [-0.05, 0) is 41.0 Å². The van der Waals surface area contributed by atoms with Gasteiger partial charge in [-0.25, -0.2) is 4.98 Å². The summed E-state index contributed by atoms with van der Waals surface area (Å²) >= 11 is 0. The minimum Gasteiger partial charge on any atom is -0.493 e. The summed E-state index contributed by atoms with van der Waals surface area (Å²) in [5.74, 6) is 2.39. The van der Waals surface area contributed by atoms with Gasteiger partial charge in [0.15, 0.2) is 11.5 Å². The molecule has 29 heavy (non-hydrogen) atoms. The minimum atomic E-state index is 0.708. The van der Waals surface area contributed by atoms with Gasteiger partial charge in [0.25, 0.3) is 0 Å². The fraction of sp³-hybridized carbons (Fsp3) is 0.160. The molecule has 0 atom stereocenters. The molecule has 1 aromatic heterocycles. The molecule has 146 valence electrons. The average Bonchev–Trinajstić information content (AvgIpc) is 2.78. The van der Waals surface area contributed by atoms with E-state index >= 15 is 0 Å². The standard InChI is InChI=1S/C25H24N2O2/c1-27(17-18-13-14-23(28-2)24(15-18)29-3)25-16-21(19-9-5-4-6-10-19)20-11-7-8-12-22(20)26-25/h4-16H,17H2,1-3H3. The van der Waals surface area contributed by atoms with Crippen molar-refractivity contribution >= 4 is 16.7 Å². The molecule has 0 saturated carbocycles. The first kappa shape index (κ1) is 18.8. The van der Waals surface area contributed by atoms with Crippen molar-refractivity contribution in [2.75, 3.05) is 26.2 Å². The summed E-state index contributed by atoms with van der Waals surface area (Å²) in [7, 11) is 5.36. The van der Waals surface area contributed by atoms with Gasteiger partial charge in [-0.3, -0.25) is 0 Å². The Bertz CT molecular complexity index is 1130. The van der Waals surface area contributed by atoms with Gasteiger partial charge in [0.1, 0.15) is 5.82 Å². The number of fused-ring (bicyclic) bond motifs is 1. The molecule has 4 aromatic rings. The third kappa shape index (κ3) is 3.87. The monoisotopic (exact) mass is 384 g/mol. The van der Waals surface area contributed by atoms with Crippen molar-refractivity contribution in [1.82, 2.24) is 4.98 Å². The lowest BCUT2D eigenvalue weighted by atomic mass is 10.0. The first-order valence-corrected chi connectivity index (χ1v) is 9.57. The Morgan fingerprint density at radius 2 is 1.52 bits per heavy atom. The third-order valence-electron chi connectivity index (χ3n) is 5.05. The summed E-state index contributed by atoms with van der Waals surface area (Å²) in [5.41, 5.74) is 4.49. The summed E-state index contributed by atoms with van der Waals surface area (Å²) in [6, 6.07) is 26.9. The van der Waals surface area contributed by atoms with Crippen molar-refractivity contribution < 1.29 is 9.47 Å². The molecule has 4 rings (SSSR count). The zero-order valence-electron chi connectivity index (χ0n) is 16.9. The van der Waals surface area contributed by atoms with Gasteiger partial charge in [0.2, 0.25) is 0 Å². The van der Waals surface area contributed by atoms with Gasteiger partial charge in [0, 0.05) is 19.0 Å². The minimum absolute atomic E-state index is 0.708. The maximum Gasteiger partial charge on any atom is 0.161 e. The molecule has 0 radical (unpaired) electrons. The lowest BCUT2D eigenvalue weighted by Crippen LogP contribution is -2.18. The van der Waals surface area contributed by atoms with Crippen LogP contribution < -0.4 is 14.4 Å². The van der Waals surface area contributed by atoms with Crippen LogP contribution in [0.15, 0.2) is 78.9 Å². The number of rotatable bonds is 6. The highest BCUT2D eigenvalue weighted by Gasteiger charge is 2.12. The van der Waals surface area contributed by atoms with Crippen LogP contribution in [0.1, 0.15) is 5.56 Å². The fourth-order valence-electron chi connectivity index (χ4n) is 3.55. The highest BCUT2D eigenvalue weighted by atomic mass is 16.5. The van der Waals surface area contributed by atoms with Crippen LogP contribution >= 0.6 is 0 Å². The average molecular weight is 384 g/mol. The SMILES string of the molecule is COc1ccc(CN(C)c2cc(-c3ccccc3)c3ccccc3n2)cc1OC. The van der Waals surface area contributed by atoms with Crippen LogP contribution in [0.25, 0.3) is 22.0 Å². The van der Waals surface area contributed by atoms with Crippen LogP contribution in [0.5, 0.6) is 11.5 Å². The van der Waals surface area contributed by atoms with Gasteiger partial charge in [-0.1, -0.05) is 54.6 Å². The van der Waals surface area contributed by atoms with E-state index < -0.39 is 0 Å². The first-order valence-electron chi connectivity index (χ1n) is 9.57. The molecule has 0 aliphatic carbocycles. The van der Waals surface area contributed by atoms with Crippen molar-refractivity contribution in [1.29, 1.82) is 0 Å². The maximum atomic E-state index is 5.44. The highest BCUT2D eigenvalue weighted by Crippen LogP contribution is 2.32. The van der Waals surface area contributed by atoms with Crippen LogP contribution in [0.2, 0.25) is 0 Å².